The highest BCUT2D eigenvalue weighted by atomic mass is 16.5. The minimum Gasteiger partial charge on any atom is -0.381 e. The molecule has 2 aromatic rings. The Labute approximate surface area is 138 Å². The lowest BCUT2D eigenvalue weighted by Crippen LogP contribution is -2.31. The fourth-order valence-corrected chi connectivity index (χ4v) is 3.42. The molecule has 4 nitrogen and oxygen atoms in total. The zero-order chi connectivity index (χ0) is 15.6. The van der Waals surface area contributed by atoms with Crippen LogP contribution < -0.4 is 0 Å². The van der Waals surface area contributed by atoms with Gasteiger partial charge in [0.1, 0.15) is 0 Å². The van der Waals surface area contributed by atoms with Gasteiger partial charge in [-0.15, -0.1) is 0 Å². The number of hydrogen-bond acceptors (Lipinski definition) is 3. The third kappa shape index (κ3) is 3.48. The molecule has 2 heterocycles. The lowest BCUT2D eigenvalue weighted by Gasteiger charge is -2.24. The van der Waals surface area contributed by atoms with Gasteiger partial charge in [-0.25, -0.2) is 4.68 Å². The molecule has 2 fully saturated rings. The lowest BCUT2D eigenvalue weighted by molar-refractivity contribution is 0.161. The number of hydrogen-bond donors (Lipinski definition) is 0. The highest BCUT2D eigenvalue weighted by Crippen LogP contribution is 2.30. The van der Waals surface area contributed by atoms with Gasteiger partial charge in [0.15, 0.2) is 0 Å². The molecule has 4 heteroatoms. The summed E-state index contributed by atoms with van der Waals surface area (Å²) in [6.45, 7) is 6.18. The first-order valence-corrected chi connectivity index (χ1v) is 8.72. The van der Waals surface area contributed by atoms with Crippen molar-refractivity contribution in [3.05, 3.63) is 47.8 Å². The Kier molecular flexibility index (Phi) is 4.19. The van der Waals surface area contributed by atoms with Crippen molar-refractivity contribution in [1.29, 1.82) is 0 Å². The summed E-state index contributed by atoms with van der Waals surface area (Å²) < 4.78 is 7.56. The predicted octanol–water partition coefficient (Wildman–Crippen LogP) is 3.18. The van der Waals surface area contributed by atoms with Crippen LogP contribution in [0.3, 0.4) is 0 Å². The van der Waals surface area contributed by atoms with Crippen LogP contribution in [-0.2, 0) is 11.3 Å². The van der Waals surface area contributed by atoms with Crippen molar-refractivity contribution >= 4 is 0 Å². The molecule has 1 saturated heterocycles. The second kappa shape index (κ2) is 6.46. The molecular weight excluding hydrogens is 286 g/mol. The number of benzene rings is 1. The summed E-state index contributed by atoms with van der Waals surface area (Å²) in [7, 11) is 0. The van der Waals surface area contributed by atoms with Crippen molar-refractivity contribution in [2.45, 2.75) is 38.8 Å². The summed E-state index contributed by atoms with van der Waals surface area (Å²) >= 11 is 0. The molecule has 0 N–H and O–H groups in total. The molecule has 1 atom stereocenters. The topological polar surface area (TPSA) is 30.3 Å². The molecule has 0 radical (unpaired) electrons. The molecular formula is C19H25N3O. The average molecular weight is 311 g/mol. The van der Waals surface area contributed by atoms with Gasteiger partial charge in [-0.3, -0.25) is 4.90 Å². The summed E-state index contributed by atoms with van der Waals surface area (Å²) in [5.74, 6) is 0.708. The SMILES string of the molecule is Cc1nn(-c2ccccc2)cc1CN(CC1CCOC1)C1CC1. The van der Waals surface area contributed by atoms with Gasteiger partial charge in [-0.1, -0.05) is 18.2 Å². The average Bonchev–Trinajstić information content (AvgIpc) is 3.18. The molecule has 1 aromatic carbocycles. The van der Waals surface area contributed by atoms with Crippen molar-refractivity contribution in [1.82, 2.24) is 14.7 Å². The molecule has 4 rings (SSSR count). The fraction of sp³-hybridized carbons (Fsp3) is 0.526. The maximum atomic E-state index is 5.55. The molecule has 2 aliphatic rings. The number of rotatable bonds is 6. The van der Waals surface area contributed by atoms with Crippen LogP contribution in [0.4, 0.5) is 0 Å². The van der Waals surface area contributed by atoms with E-state index in [9.17, 15) is 0 Å². The van der Waals surface area contributed by atoms with Gasteiger partial charge in [-0.2, -0.15) is 5.10 Å². The third-order valence-corrected chi connectivity index (χ3v) is 4.97. The van der Waals surface area contributed by atoms with Gasteiger partial charge in [-0.05, 0) is 44.2 Å². The summed E-state index contributed by atoms with van der Waals surface area (Å²) in [6.07, 6.45) is 6.11. The van der Waals surface area contributed by atoms with Crippen molar-refractivity contribution in [2.24, 2.45) is 5.92 Å². The Balaban J connectivity index is 1.49. The fourth-order valence-electron chi connectivity index (χ4n) is 3.42. The van der Waals surface area contributed by atoms with E-state index in [-0.39, 0.29) is 0 Å². The van der Waals surface area contributed by atoms with Crippen LogP contribution in [0.5, 0.6) is 0 Å². The molecule has 122 valence electrons. The van der Waals surface area contributed by atoms with Crippen LogP contribution in [0, 0.1) is 12.8 Å². The van der Waals surface area contributed by atoms with E-state index in [1.54, 1.807) is 0 Å². The first kappa shape index (κ1) is 14.9. The van der Waals surface area contributed by atoms with Gasteiger partial charge in [0, 0.05) is 37.5 Å². The summed E-state index contributed by atoms with van der Waals surface area (Å²) in [4.78, 5) is 2.65. The zero-order valence-electron chi connectivity index (χ0n) is 13.8. The maximum Gasteiger partial charge on any atom is 0.0645 e. The molecule has 1 aromatic heterocycles. The van der Waals surface area contributed by atoms with Gasteiger partial charge < -0.3 is 4.74 Å². The van der Waals surface area contributed by atoms with Crippen molar-refractivity contribution in [3.63, 3.8) is 0 Å². The molecule has 23 heavy (non-hydrogen) atoms. The molecule has 0 bridgehead atoms. The van der Waals surface area contributed by atoms with E-state index in [2.05, 4.69) is 42.3 Å². The van der Waals surface area contributed by atoms with Gasteiger partial charge >= 0.3 is 0 Å². The Morgan fingerprint density at radius 3 is 2.74 bits per heavy atom. The smallest absolute Gasteiger partial charge is 0.0645 e. The molecule has 1 aliphatic carbocycles. The van der Waals surface area contributed by atoms with Gasteiger partial charge in [0.25, 0.3) is 0 Å². The molecule has 1 saturated carbocycles. The van der Waals surface area contributed by atoms with Crippen LogP contribution in [0.15, 0.2) is 36.5 Å². The Bertz CT molecular complexity index is 642. The predicted molar refractivity (Wildman–Crippen MR) is 90.7 cm³/mol. The number of para-hydroxylation sites is 1. The van der Waals surface area contributed by atoms with Crippen LogP contribution in [-0.4, -0.2) is 40.5 Å². The monoisotopic (exact) mass is 311 g/mol. The lowest BCUT2D eigenvalue weighted by atomic mass is 10.1. The number of aromatic nitrogens is 2. The molecule has 0 amide bonds. The minimum atomic E-state index is 0.708. The van der Waals surface area contributed by atoms with E-state index in [4.69, 9.17) is 9.84 Å². The van der Waals surface area contributed by atoms with Gasteiger partial charge in [0.2, 0.25) is 0 Å². The highest BCUT2D eigenvalue weighted by Gasteiger charge is 2.32. The second-order valence-corrected chi connectivity index (χ2v) is 6.91. The Morgan fingerprint density at radius 2 is 2.04 bits per heavy atom. The normalized spacial score (nSPS) is 21.2. The van der Waals surface area contributed by atoms with E-state index >= 15 is 0 Å². The standard InChI is InChI=1S/C19H25N3O/c1-15-17(13-22(20-15)19-5-3-2-4-6-19)12-21(18-7-8-18)11-16-9-10-23-14-16/h2-6,13,16,18H,7-12,14H2,1H3. The van der Waals surface area contributed by atoms with Crippen LogP contribution in [0.2, 0.25) is 0 Å². The van der Waals surface area contributed by atoms with E-state index in [1.165, 1.54) is 31.4 Å². The number of ether oxygens (including phenoxy) is 1. The van der Waals surface area contributed by atoms with Crippen LogP contribution >= 0.6 is 0 Å². The summed E-state index contributed by atoms with van der Waals surface area (Å²) in [6, 6.07) is 11.1. The van der Waals surface area contributed by atoms with E-state index in [0.29, 0.717) is 5.92 Å². The van der Waals surface area contributed by atoms with Crippen LogP contribution in [0.1, 0.15) is 30.5 Å². The summed E-state index contributed by atoms with van der Waals surface area (Å²) in [5, 5.41) is 4.71. The van der Waals surface area contributed by atoms with E-state index in [0.717, 1.165) is 37.2 Å². The summed E-state index contributed by atoms with van der Waals surface area (Å²) in [5.41, 5.74) is 3.62. The van der Waals surface area contributed by atoms with E-state index < -0.39 is 0 Å². The largest absolute Gasteiger partial charge is 0.381 e. The van der Waals surface area contributed by atoms with Crippen molar-refractivity contribution in [3.8, 4) is 5.69 Å². The molecule has 1 unspecified atom stereocenters. The maximum absolute atomic E-state index is 5.55. The first-order chi connectivity index (χ1) is 11.3. The zero-order valence-corrected chi connectivity index (χ0v) is 13.8. The highest BCUT2D eigenvalue weighted by molar-refractivity contribution is 5.32. The Hall–Kier alpha value is -1.65. The van der Waals surface area contributed by atoms with E-state index in [1.807, 2.05) is 10.7 Å². The number of nitrogens with zero attached hydrogens (tertiary/aromatic N) is 3. The quantitative estimate of drug-likeness (QED) is 0.821. The van der Waals surface area contributed by atoms with Crippen LogP contribution in [0.25, 0.3) is 5.69 Å². The first-order valence-electron chi connectivity index (χ1n) is 8.72. The minimum absolute atomic E-state index is 0.708. The number of aryl methyl sites for hydroxylation is 1. The molecule has 1 aliphatic heterocycles. The second-order valence-electron chi connectivity index (χ2n) is 6.91. The Morgan fingerprint density at radius 1 is 1.22 bits per heavy atom. The van der Waals surface area contributed by atoms with Gasteiger partial charge in [0.05, 0.1) is 18.0 Å². The van der Waals surface area contributed by atoms with Crippen molar-refractivity contribution in [2.75, 3.05) is 19.8 Å². The third-order valence-electron chi connectivity index (χ3n) is 4.97. The molecule has 0 spiro atoms. The van der Waals surface area contributed by atoms with Crippen molar-refractivity contribution < 1.29 is 4.74 Å².